The van der Waals surface area contributed by atoms with Crippen LogP contribution < -0.4 is 10.6 Å². The minimum absolute atomic E-state index is 0.0506. The average molecular weight is 430 g/mol. The summed E-state index contributed by atoms with van der Waals surface area (Å²) in [5.41, 5.74) is 1.07. The van der Waals surface area contributed by atoms with Crippen LogP contribution >= 0.6 is 23.1 Å². The van der Waals surface area contributed by atoms with Crippen LogP contribution in [0.2, 0.25) is 0 Å². The molecule has 0 atom stereocenters. The zero-order valence-electron chi connectivity index (χ0n) is 15.7. The fourth-order valence-electron chi connectivity index (χ4n) is 3.23. The number of Topliss-reactive ketones (excluding diaryl/α,β-unsaturated/α-hetero) is 1. The number of benzene rings is 1. The molecule has 150 valence electrons. The number of carbonyl (C=O) groups is 2. The number of hydrogen-bond donors (Lipinski definition) is 2. The Labute approximate surface area is 175 Å². The fourth-order valence-corrected chi connectivity index (χ4v) is 4.93. The van der Waals surface area contributed by atoms with Gasteiger partial charge in [0.1, 0.15) is 0 Å². The molecule has 2 N–H and O–H groups in total. The summed E-state index contributed by atoms with van der Waals surface area (Å²) in [6.07, 6.45) is 5.65. The van der Waals surface area contributed by atoms with Gasteiger partial charge in [-0.3, -0.25) is 10.1 Å². The summed E-state index contributed by atoms with van der Waals surface area (Å²) in [6, 6.07) is 6.68. The summed E-state index contributed by atoms with van der Waals surface area (Å²) < 4.78 is 2.40. The molecule has 0 bridgehead atoms. The number of para-hydroxylation sites is 1. The maximum atomic E-state index is 12.8. The van der Waals surface area contributed by atoms with Gasteiger partial charge in [-0.05, 0) is 47.2 Å². The number of thiazole rings is 1. The molecule has 1 aliphatic carbocycles. The number of carbonyl (C=O) groups excluding carboxylic acids is 2. The van der Waals surface area contributed by atoms with E-state index in [9.17, 15) is 9.59 Å². The van der Waals surface area contributed by atoms with Crippen molar-refractivity contribution >= 4 is 45.7 Å². The Hall–Kier alpha value is -2.79. The van der Waals surface area contributed by atoms with Crippen LogP contribution in [-0.2, 0) is 7.05 Å². The molecule has 0 radical (unpaired) electrons. The number of anilines is 2. The van der Waals surface area contributed by atoms with Crippen molar-refractivity contribution in [2.75, 3.05) is 10.6 Å². The summed E-state index contributed by atoms with van der Waals surface area (Å²) in [5.74, 6) is 0.151. The number of nitrogens with zero attached hydrogens (tertiary/aromatic N) is 5. The number of amides is 2. The van der Waals surface area contributed by atoms with Crippen LogP contribution in [0.1, 0.15) is 36.0 Å². The second-order valence-electron chi connectivity index (χ2n) is 6.64. The highest BCUT2D eigenvalue weighted by molar-refractivity contribution is 8.01. The molecule has 2 amide bonds. The minimum atomic E-state index is -0.442. The molecule has 4 rings (SSSR count). The van der Waals surface area contributed by atoms with Crippen molar-refractivity contribution in [3.63, 3.8) is 0 Å². The van der Waals surface area contributed by atoms with Crippen molar-refractivity contribution < 1.29 is 9.59 Å². The van der Waals surface area contributed by atoms with Gasteiger partial charge in [0.15, 0.2) is 10.9 Å². The third-order valence-corrected chi connectivity index (χ3v) is 6.69. The number of aryl methyl sites for hydroxylation is 1. The zero-order chi connectivity index (χ0) is 20.2. The zero-order valence-corrected chi connectivity index (χ0v) is 17.3. The fraction of sp³-hybridized carbons (Fsp3) is 0.333. The van der Waals surface area contributed by atoms with E-state index in [1.54, 1.807) is 36.1 Å². The van der Waals surface area contributed by atoms with Gasteiger partial charge in [-0.1, -0.05) is 36.3 Å². The second-order valence-corrected chi connectivity index (χ2v) is 8.94. The lowest BCUT2D eigenvalue weighted by Crippen LogP contribution is -2.22. The molecule has 11 heteroatoms. The van der Waals surface area contributed by atoms with Crippen molar-refractivity contribution in [1.29, 1.82) is 0 Å². The molecule has 0 saturated heterocycles. The lowest BCUT2D eigenvalue weighted by atomic mass is 9.95. The number of urea groups is 1. The van der Waals surface area contributed by atoms with Crippen LogP contribution in [0.15, 0.2) is 39.8 Å². The predicted octanol–water partition coefficient (Wildman–Crippen LogP) is 3.83. The standard InChI is InChI=1S/C18H19N7O2S2/c1-25-18(22-23-24-25)29-14-10-19-17(28-14)21-16(27)20-13-9-5-4-8-12(13)15(26)11-6-2-3-7-11/h4-5,8-11H,2-3,6-7H2,1H3,(H2,19,20,21,27). The number of ketones is 1. The molecule has 3 aromatic rings. The normalized spacial score (nSPS) is 14.1. The molecule has 9 nitrogen and oxygen atoms in total. The Morgan fingerprint density at radius 2 is 2.00 bits per heavy atom. The van der Waals surface area contributed by atoms with E-state index in [1.807, 2.05) is 6.07 Å². The summed E-state index contributed by atoms with van der Waals surface area (Å²) in [4.78, 5) is 29.4. The van der Waals surface area contributed by atoms with Gasteiger partial charge in [0.05, 0.1) is 16.1 Å². The monoisotopic (exact) mass is 429 g/mol. The molecular weight excluding hydrogens is 410 g/mol. The number of rotatable bonds is 6. The quantitative estimate of drug-likeness (QED) is 0.572. The lowest BCUT2D eigenvalue weighted by molar-refractivity contribution is 0.0924. The molecule has 0 spiro atoms. The van der Waals surface area contributed by atoms with Gasteiger partial charge in [-0.25, -0.2) is 14.5 Å². The Morgan fingerprint density at radius 3 is 2.76 bits per heavy atom. The molecule has 0 unspecified atom stereocenters. The maximum absolute atomic E-state index is 12.8. The van der Waals surface area contributed by atoms with E-state index in [2.05, 4.69) is 31.1 Å². The van der Waals surface area contributed by atoms with Crippen LogP contribution in [-0.4, -0.2) is 37.0 Å². The van der Waals surface area contributed by atoms with E-state index in [-0.39, 0.29) is 11.7 Å². The van der Waals surface area contributed by atoms with E-state index in [1.165, 1.54) is 23.1 Å². The van der Waals surface area contributed by atoms with E-state index in [4.69, 9.17) is 0 Å². The van der Waals surface area contributed by atoms with E-state index in [0.717, 1.165) is 29.9 Å². The second kappa shape index (κ2) is 8.70. The van der Waals surface area contributed by atoms with Gasteiger partial charge in [-0.2, -0.15) is 0 Å². The van der Waals surface area contributed by atoms with Gasteiger partial charge >= 0.3 is 6.03 Å². The van der Waals surface area contributed by atoms with Crippen LogP contribution in [0.3, 0.4) is 0 Å². The van der Waals surface area contributed by atoms with Gasteiger partial charge in [0.2, 0.25) is 5.16 Å². The van der Waals surface area contributed by atoms with Crippen LogP contribution in [0.4, 0.5) is 15.6 Å². The summed E-state index contributed by atoms with van der Waals surface area (Å²) in [6.45, 7) is 0. The van der Waals surface area contributed by atoms with Crippen LogP contribution in [0.25, 0.3) is 0 Å². The summed E-state index contributed by atoms with van der Waals surface area (Å²) in [5, 5.41) is 17.8. The van der Waals surface area contributed by atoms with Crippen molar-refractivity contribution in [3.8, 4) is 0 Å². The Balaban J connectivity index is 1.40. The maximum Gasteiger partial charge on any atom is 0.325 e. The van der Waals surface area contributed by atoms with E-state index >= 15 is 0 Å². The Bertz CT molecular complexity index is 1030. The highest BCUT2D eigenvalue weighted by Gasteiger charge is 2.25. The first-order valence-electron chi connectivity index (χ1n) is 9.17. The first-order chi connectivity index (χ1) is 14.1. The molecular formula is C18H19N7O2S2. The van der Waals surface area contributed by atoms with E-state index in [0.29, 0.717) is 21.5 Å². The van der Waals surface area contributed by atoms with Crippen LogP contribution in [0.5, 0.6) is 0 Å². The average Bonchev–Trinajstić information content (AvgIpc) is 3.46. The highest BCUT2D eigenvalue weighted by atomic mass is 32.2. The molecule has 1 aliphatic rings. The summed E-state index contributed by atoms with van der Waals surface area (Å²) >= 11 is 2.67. The van der Waals surface area contributed by atoms with Gasteiger partial charge in [-0.15, -0.1) is 5.10 Å². The largest absolute Gasteiger partial charge is 0.325 e. The number of tetrazole rings is 1. The smallest absolute Gasteiger partial charge is 0.307 e. The third-order valence-electron chi connectivity index (χ3n) is 4.64. The molecule has 1 aromatic carbocycles. The number of hydrogen-bond acceptors (Lipinski definition) is 8. The van der Waals surface area contributed by atoms with Crippen molar-refractivity contribution in [2.45, 2.75) is 35.0 Å². The number of nitrogens with one attached hydrogen (secondary N) is 2. The molecule has 1 fully saturated rings. The number of aromatic nitrogens is 5. The van der Waals surface area contributed by atoms with Crippen LogP contribution in [0, 0.1) is 5.92 Å². The molecule has 2 heterocycles. The Morgan fingerprint density at radius 1 is 1.21 bits per heavy atom. The first kappa shape index (κ1) is 19.5. The van der Waals surface area contributed by atoms with Crippen molar-refractivity contribution in [1.82, 2.24) is 25.2 Å². The Kier molecular flexibility index (Phi) is 5.86. The SMILES string of the molecule is Cn1nnnc1Sc1cnc(NC(=O)Nc2ccccc2C(=O)C2CCCC2)s1. The molecule has 29 heavy (non-hydrogen) atoms. The van der Waals surface area contributed by atoms with E-state index < -0.39 is 6.03 Å². The topological polar surface area (TPSA) is 115 Å². The predicted molar refractivity (Wildman–Crippen MR) is 110 cm³/mol. The van der Waals surface area contributed by atoms with Gasteiger partial charge in [0.25, 0.3) is 0 Å². The lowest BCUT2D eigenvalue weighted by Gasteiger charge is -2.13. The van der Waals surface area contributed by atoms with Gasteiger partial charge in [0, 0.05) is 18.5 Å². The van der Waals surface area contributed by atoms with Crippen molar-refractivity contribution in [2.24, 2.45) is 13.0 Å². The third kappa shape index (κ3) is 4.62. The van der Waals surface area contributed by atoms with Crippen molar-refractivity contribution in [3.05, 3.63) is 36.0 Å². The highest BCUT2D eigenvalue weighted by Crippen LogP contribution is 2.33. The summed E-state index contributed by atoms with van der Waals surface area (Å²) in [7, 11) is 1.75. The molecule has 1 saturated carbocycles. The van der Waals surface area contributed by atoms with Gasteiger partial charge < -0.3 is 5.32 Å². The molecule has 2 aromatic heterocycles. The molecule has 0 aliphatic heterocycles. The first-order valence-corrected chi connectivity index (χ1v) is 10.8. The minimum Gasteiger partial charge on any atom is -0.307 e.